The maximum Gasteiger partial charge on any atom is 0.151 e. The minimum absolute atomic E-state index is 0.00548. The van der Waals surface area contributed by atoms with Crippen LogP contribution in [0.1, 0.15) is 14.7 Å². The Bertz CT molecular complexity index is 254. The molecule has 6 nitrogen and oxygen atoms in total. The summed E-state index contributed by atoms with van der Waals surface area (Å²) in [6, 6.07) is 0. The Labute approximate surface area is 88.5 Å². The molecule has 0 amide bonds. The van der Waals surface area contributed by atoms with E-state index >= 15 is 0 Å². The number of hydrogen-bond donors (Lipinski definition) is 5. The Hall–Kier alpha value is -0.950. The van der Waals surface area contributed by atoms with Crippen molar-refractivity contribution in [2.75, 3.05) is 0 Å². The van der Waals surface area contributed by atoms with Gasteiger partial charge in [-0.05, 0) is 12.5 Å². The largest absolute Gasteiger partial charge is 0.510 e. The molecule has 88 valence electrons. The number of rotatable bonds is 6. The predicted octanol–water partition coefficient (Wildman–Crippen LogP) is -1.52. The fourth-order valence-electron chi connectivity index (χ4n) is 0.914. The fourth-order valence-corrected chi connectivity index (χ4v) is 0.914. The third-order valence-corrected chi connectivity index (χ3v) is 1.80. The maximum absolute atomic E-state index is 10.1. The third kappa shape index (κ3) is 3.96. The Kier molecular flexibility index (Phi) is 5.27. The van der Waals surface area contributed by atoms with Crippen LogP contribution < -0.4 is 0 Å². The van der Waals surface area contributed by atoms with Crippen molar-refractivity contribution in [1.29, 1.82) is 0 Å². The molecular weight excluding hydrogens is 204 g/mol. The van der Waals surface area contributed by atoms with Crippen molar-refractivity contribution >= 4 is 6.29 Å². The molecule has 0 saturated heterocycles. The van der Waals surface area contributed by atoms with Gasteiger partial charge >= 0.3 is 0 Å². The molecule has 0 aliphatic heterocycles. The van der Waals surface area contributed by atoms with Crippen LogP contribution in [-0.4, -0.2) is 56.2 Å². The van der Waals surface area contributed by atoms with Gasteiger partial charge in [0.25, 0.3) is 0 Å². The van der Waals surface area contributed by atoms with Crippen LogP contribution in [0, 0.1) is 0 Å². The average molecular weight is 221 g/mol. The molecule has 0 rings (SSSR count). The van der Waals surface area contributed by atoms with Crippen molar-refractivity contribution in [3.63, 3.8) is 0 Å². The van der Waals surface area contributed by atoms with Gasteiger partial charge in [0.05, 0.1) is 0 Å². The van der Waals surface area contributed by atoms with E-state index in [4.69, 9.17) is 11.6 Å². The van der Waals surface area contributed by atoms with Crippen LogP contribution in [0.3, 0.4) is 0 Å². The summed E-state index contributed by atoms with van der Waals surface area (Å²) >= 11 is 0. The minimum atomic E-state index is -1.92. The number of hydrogen-bond acceptors (Lipinski definition) is 6. The summed E-state index contributed by atoms with van der Waals surface area (Å²) in [7, 11) is 0. The molecule has 0 heterocycles. The number of allylic oxidation sites excluding steroid dienone is 1. The second-order valence-corrected chi connectivity index (χ2v) is 2.98. The summed E-state index contributed by atoms with van der Waals surface area (Å²) in [5.74, 6) is -0.702. The molecule has 5 N–H and O–H groups in total. The van der Waals surface area contributed by atoms with E-state index in [1.807, 2.05) is 0 Å². The van der Waals surface area contributed by atoms with Crippen LogP contribution in [0.25, 0.3) is 0 Å². The number of aliphatic hydroxyl groups excluding tert-OH is 5. The summed E-state index contributed by atoms with van der Waals surface area (Å²) in [5, 5.41) is 45.9. The zero-order chi connectivity index (χ0) is 12.9. The van der Waals surface area contributed by atoms with Gasteiger partial charge in [-0.2, -0.15) is 0 Å². The van der Waals surface area contributed by atoms with Crippen molar-refractivity contribution in [3.05, 3.63) is 11.8 Å². The molecule has 0 fully saturated rings. The highest BCUT2D eigenvalue weighted by Gasteiger charge is 2.31. The molecule has 15 heavy (non-hydrogen) atoms. The van der Waals surface area contributed by atoms with E-state index in [0.29, 0.717) is 0 Å². The molecule has 0 aromatic heterocycles. The predicted molar refractivity (Wildman–Crippen MR) is 51.1 cm³/mol. The highest BCUT2D eigenvalue weighted by Crippen LogP contribution is 2.10. The topological polar surface area (TPSA) is 118 Å². The highest BCUT2D eigenvalue weighted by molar-refractivity contribution is 5.56. The monoisotopic (exact) mass is 221 g/mol. The lowest BCUT2D eigenvalue weighted by Crippen LogP contribution is -2.45. The van der Waals surface area contributed by atoms with Crippen LogP contribution >= 0.6 is 0 Å². The van der Waals surface area contributed by atoms with Gasteiger partial charge in [0.2, 0.25) is 0 Å². The van der Waals surface area contributed by atoms with Gasteiger partial charge < -0.3 is 30.3 Å². The van der Waals surface area contributed by atoms with E-state index in [1.165, 1.54) is 6.92 Å². The lowest BCUT2D eigenvalue weighted by atomic mass is 10.0. The van der Waals surface area contributed by atoms with E-state index in [0.717, 1.165) is 6.08 Å². The molecule has 0 aromatic rings. The molecule has 0 radical (unpaired) electrons. The van der Waals surface area contributed by atoms with Crippen molar-refractivity contribution in [2.24, 2.45) is 0 Å². The maximum atomic E-state index is 10.1. The van der Waals surface area contributed by atoms with E-state index in [2.05, 4.69) is 0 Å². The van der Waals surface area contributed by atoms with Crippen molar-refractivity contribution in [3.8, 4) is 0 Å². The zero-order valence-electron chi connectivity index (χ0n) is 9.19. The molecule has 6 heteroatoms. The normalized spacial score (nSPS) is 23.5. The molecule has 0 saturated carbocycles. The molecule has 0 aromatic carbocycles. The summed E-state index contributed by atoms with van der Waals surface area (Å²) in [4.78, 5) is 10.1. The van der Waals surface area contributed by atoms with Gasteiger partial charge in [-0.15, -0.1) is 0 Å². The van der Waals surface area contributed by atoms with Crippen molar-refractivity contribution in [1.82, 2.24) is 0 Å². The van der Waals surface area contributed by atoms with E-state index in [9.17, 15) is 20.1 Å². The first-order valence-corrected chi connectivity index (χ1v) is 4.31. The molecule has 5 atom stereocenters. The van der Waals surface area contributed by atoms with Crippen LogP contribution in [0.2, 0.25) is 0 Å². The van der Waals surface area contributed by atoms with Gasteiger partial charge in [0.15, 0.2) is 6.29 Å². The van der Waals surface area contributed by atoms with Gasteiger partial charge in [-0.25, -0.2) is 0 Å². The van der Waals surface area contributed by atoms with Crippen LogP contribution in [-0.2, 0) is 4.79 Å². The van der Waals surface area contributed by atoms with Crippen LogP contribution in [0.5, 0.6) is 0 Å². The molecule has 1 unspecified atom stereocenters. The first-order valence-electron chi connectivity index (χ1n) is 4.89. The Balaban J connectivity index is 4.60. The average Bonchev–Trinajstić information content (AvgIpc) is 2.23. The number of carbonyl (C=O) groups is 1. The zero-order valence-corrected chi connectivity index (χ0v) is 8.19. The summed E-state index contributed by atoms with van der Waals surface area (Å²) in [5.41, 5.74) is 0. The SMILES string of the molecule is [2H]C(C)C=C(O)[C@@H](O)[C@@H](O)[C@@H](O)[C@@H](O)C=O. The Morgan fingerprint density at radius 1 is 1.33 bits per heavy atom. The van der Waals surface area contributed by atoms with Crippen LogP contribution in [0.15, 0.2) is 11.8 Å². The first kappa shape index (κ1) is 12.1. The molecule has 0 aliphatic rings. The van der Waals surface area contributed by atoms with E-state index < -0.39 is 36.6 Å². The third-order valence-electron chi connectivity index (χ3n) is 1.80. The quantitative estimate of drug-likeness (QED) is 0.274. The standard InChI is InChI=1S/C9H16O6/c1-2-3-5(11)7(13)9(15)8(14)6(12)4-10/h3-4,6-9,11-15H,2H2,1H3/t6-,7+,8-,9+/m0/s1/i2D/t2?,6-,7+,8-,9+. The Morgan fingerprint density at radius 3 is 2.27 bits per heavy atom. The van der Waals surface area contributed by atoms with Gasteiger partial charge in [-0.3, -0.25) is 0 Å². The lowest BCUT2D eigenvalue weighted by molar-refractivity contribution is -0.132. The molecule has 0 aliphatic carbocycles. The second-order valence-electron chi connectivity index (χ2n) is 2.98. The highest BCUT2D eigenvalue weighted by atomic mass is 16.4. The summed E-state index contributed by atoms with van der Waals surface area (Å²) < 4.78 is 7.07. The van der Waals surface area contributed by atoms with Crippen molar-refractivity contribution < 1.29 is 31.7 Å². The van der Waals surface area contributed by atoms with Crippen LogP contribution in [0.4, 0.5) is 0 Å². The van der Waals surface area contributed by atoms with Gasteiger partial charge in [0, 0.05) is 1.37 Å². The van der Waals surface area contributed by atoms with E-state index in [1.54, 1.807) is 0 Å². The lowest BCUT2D eigenvalue weighted by Gasteiger charge is -2.23. The fraction of sp³-hybridized carbons (Fsp3) is 0.667. The Morgan fingerprint density at radius 2 is 1.87 bits per heavy atom. The first-order chi connectivity index (χ1) is 7.31. The number of carbonyl (C=O) groups excluding carboxylic acids is 1. The van der Waals surface area contributed by atoms with Gasteiger partial charge in [0.1, 0.15) is 30.2 Å². The number of aliphatic hydroxyl groups is 5. The van der Waals surface area contributed by atoms with E-state index in [-0.39, 0.29) is 6.29 Å². The number of aldehydes is 1. The summed E-state index contributed by atoms with van der Waals surface area (Å²) in [6.07, 6.45) is -7.42. The minimum Gasteiger partial charge on any atom is -0.510 e. The second kappa shape index (κ2) is 6.52. The van der Waals surface area contributed by atoms with Crippen molar-refractivity contribution in [2.45, 2.75) is 37.7 Å². The summed E-state index contributed by atoms with van der Waals surface area (Å²) in [6.45, 7) is 1.41. The molecule has 0 bridgehead atoms. The molecule has 0 spiro atoms. The molecular formula is C9H16O6. The smallest absolute Gasteiger partial charge is 0.151 e. The van der Waals surface area contributed by atoms with Gasteiger partial charge in [-0.1, -0.05) is 6.92 Å².